The Morgan fingerprint density at radius 2 is 2.00 bits per heavy atom. The fourth-order valence-electron chi connectivity index (χ4n) is 1.45. The summed E-state index contributed by atoms with van der Waals surface area (Å²) in [6.45, 7) is 4.69. The molecule has 3 nitrogen and oxygen atoms in total. The highest BCUT2D eigenvalue weighted by atomic mass is 16.5. The second kappa shape index (κ2) is 5.61. The SMILES string of the molecule is CC(C)CC(N)COc1ccccc1O. The van der Waals surface area contributed by atoms with Gasteiger partial charge in [-0.1, -0.05) is 26.0 Å². The maximum Gasteiger partial charge on any atom is 0.160 e. The van der Waals surface area contributed by atoms with Crippen LogP contribution in [-0.4, -0.2) is 17.8 Å². The topological polar surface area (TPSA) is 55.5 Å². The van der Waals surface area contributed by atoms with Gasteiger partial charge in [0.05, 0.1) is 0 Å². The number of phenols is 1. The Balaban J connectivity index is 2.40. The van der Waals surface area contributed by atoms with Gasteiger partial charge in [0, 0.05) is 6.04 Å². The lowest BCUT2D eigenvalue weighted by atomic mass is 10.1. The number of aromatic hydroxyl groups is 1. The molecule has 84 valence electrons. The van der Waals surface area contributed by atoms with Crippen molar-refractivity contribution in [3.8, 4) is 11.5 Å². The van der Waals surface area contributed by atoms with Crippen molar-refractivity contribution in [2.45, 2.75) is 26.3 Å². The van der Waals surface area contributed by atoms with E-state index in [1.54, 1.807) is 18.2 Å². The molecule has 1 aromatic carbocycles. The highest BCUT2D eigenvalue weighted by Crippen LogP contribution is 2.24. The minimum Gasteiger partial charge on any atom is -0.504 e. The Hall–Kier alpha value is -1.22. The van der Waals surface area contributed by atoms with Crippen molar-refractivity contribution >= 4 is 0 Å². The van der Waals surface area contributed by atoms with Crippen LogP contribution in [0.4, 0.5) is 0 Å². The third kappa shape index (κ3) is 4.21. The van der Waals surface area contributed by atoms with E-state index in [1.807, 2.05) is 6.07 Å². The number of rotatable bonds is 5. The minimum atomic E-state index is 0.0182. The van der Waals surface area contributed by atoms with E-state index in [4.69, 9.17) is 10.5 Å². The molecule has 1 unspecified atom stereocenters. The summed E-state index contributed by atoms with van der Waals surface area (Å²) in [6.07, 6.45) is 0.924. The van der Waals surface area contributed by atoms with E-state index in [9.17, 15) is 5.11 Å². The largest absolute Gasteiger partial charge is 0.504 e. The number of ether oxygens (including phenoxy) is 1. The van der Waals surface area contributed by atoms with Crippen LogP contribution < -0.4 is 10.5 Å². The molecule has 0 saturated carbocycles. The van der Waals surface area contributed by atoms with Crippen LogP contribution in [0.25, 0.3) is 0 Å². The zero-order valence-electron chi connectivity index (χ0n) is 9.31. The predicted molar refractivity (Wildman–Crippen MR) is 61.0 cm³/mol. The van der Waals surface area contributed by atoms with Crippen LogP contribution in [0.15, 0.2) is 24.3 Å². The summed E-state index contributed by atoms with van der Waals surface area (Å²) in [5.41, 5.74) is 5.87. The molecule has 0 bridgehead atoms. The van der Waals surface area contributed by atoms with Gasteiger partial charge in [0.1, 0.15) is 6.61 Å². The molecular formula is C12H19NO2. The van der Waals surface area contributed by atoms with Gasteiger partial charge in [-0.15, -0.1) is 0 Å². The molecule has 3 heteroatoms. The molecule has 3 N–H and O–H groups in total. The first kappa shape index (κ1) is 11.9. The molecule has 0 aliphatic heterocycles. The normalized spacial score (nSPS) is 12.8. The predicted octanol–water partition coefficient (Wildman–Crippen LogP) is 2.14. The third-order valence-corrected chi connectivity index (χ3v) is 2.09. The lowest BCUT2D eigenvalue weighted by Gasteiger charge is -2.15. The van der Waals surface area contributed by atoms with Gasteiger partial charge >= 0.3 is 0 Å². The van der Waals surface area contributed by atoms with E-state index in [-0.39, 0.29) is 11.8 Å². The number of para-hydroxylation sites is 2. The second-order valence-corrected chi connectivity index (χ2v) is 4.17. The van der Waals surface area contributed by atoms with E-state index in [0.717, 1.165) is 6.42 Å². The van der Waals surface area contributed by atoms with Crippen molar-refractivity contribution in [2.24, 2.45) is 11.7 Å². The molecule has 15 heavy (non-hydrogen) atoms. The first-order chi connectivity index (χ1) is 7.09. The summed E-state index contributed by atoms with van der Waals surface area (Å²) in [5.74, 6) is 1.22. The van der Waals surface area contributed by atoms with Crippen LogP contribution in [0, 0.1) is 5.92 Å². The number of hydrogen-bond acceptors (Lipinski definition) is 3. The van der Waals surface area contributed by atoms with E-state index < -0.39 is 0 Å². The van der Waals surface area contributed by atoms with Crippen LogP contribution in [0.1, 0.15) is 20.3 Å². The van der Waals surface area contributed by atoms with Crippen LogP contribution in [0.5, 0.6) is 11.5 Å². The van der Waals surface area contributed by atoms with Crippen molar-refractivity contribution in [1.82, 2.24) is 0 Å². The number of hydrogen-bond donors (Lipinski definition) is 2. The maximum atomic E-state index is 9.44. The molecule has 0 spiro atoms. The van der Waals surface area contributed by atoms with Gasteiger partial charge in [-0.05, 0) is 24.5 Å². The maximum absolute atomic E-state index is 9.44. The summed E-state index contributed by atoms with van der Waals surface area (Å²) in [4.78, 5) is 0. The highest BCUT2D eigenvalue weighted by molar-refractivity contribution is 5.37. The van der Waals surface area contributed by atoms with Crippen molar-refractivity contribution in [2.75, 3.05) is 6.61 Å². The standard InChI is InChI=1S/C12H19NO2/c1-9(2)7-10(13)8-15-12-6-4-3-5-11(12)14/h3-6,9-10,14H,7-8,13H2,1-2H3. The van der Waals surface area contributed by atoms with Crippen LogP contribution in [0.3, 0.4) is 0 Å². The molecule has 0 aliphatic rings. The van der Waals surface area contributed by atoms with E-state index in [0.29, 0.717) is 18.3 Å². The molecule has 0 saturated heterocycles. The monoisotopic (exact) mass is 209 g/mol. The Morgan fingerprint density at radius 3 is 2.60 bits per heavy atom. The van der Waals surface area contributed by atoms with E-state index in [1.165, 1.54) is 0 Å². The first-order valence-corrected chi connectivity index (χ1v) is 5.26. The van der Waals surface area contributed by atoms with Crippen LogP contribution >= 0.6 is 0 Å². The molecule has 1 atom stereocenters. The fourth-order valence-corrected chi connectivity index (χ4v) is 1.45. The molecule has 0 amide bonds. The number of phenolic OH excluding ortho intramolecular Hbond substituents is 1. The summed E-state index contributed by atoms with van der Waals surface area (Å²) >= 11 is 0. The Kier molecular flexibility index (Phi) is 4.43. The van der Waals surface area contributed by atoms with Gasteiger partial charge in [-0.25, -0.2) is 0 Å². The van der Waals surface area contributed by atoms with E-state index in [2.05, 4.69) is 13.8 Å². The molecule has 0 aliphatic carbocycles. The molecule has 0 heterocycles. The Bertz CT molecular complexity index is 299. The lowest BCUT2D eigenvalue weighted by Crippen LogP contribution is -2.29. The van der Waals surface area contributed by atoms with Gasteiger partial charge < -0.3 is 15.6 Å². The Labute approximate surface area is 90.9 Å². The molecule has 1 aromatic rings. The van der Waals surface area contributed by atoms with Gasteiger partial charge in [0.15, 0.2) is 11.5 Å². The van der Waals surface area contributed by atoms with Crippen molar-refractivity contribution < 1.29 is 9.84 Å². The minimum absolute atomic E-state index is 0.0182. The van der Waals surface area contributed by atoms with Crippen molar-refractivity contribution in [1.29, 1.82) is 0 Å². The summed E-state index contributed by atoms with van der Waals surface area (Å²) in [6, 6.07) is 6.93. The average Bonchev–Trinajstić information content (AvgIpc) is 2.15. The van der Waals surface area contributed by atoms with Gasteiger partial charge in [-0.3, -0.25) is 0 Å². The number of nitrogens with two attached hydrogens (primary N) is 1. The molecular weight excluding hydrogens is 190 g/mol. The molecule has 0 aromatic heterocycles. The first-order valence-electron chi connectivity index (χ1n) is 5.26. The van der Waals surface area contributed by atoms with E-state index >= 15 is 0 Å². The molecule has 0 radical (unpaired) electrons. The quantitative estimate of drug-likeness (QED) is 0.781. The van der Waals surface area contributed by atoms with Gasteiger partial charge in [0.25, 0.3) is 0 Å². The van der Waals surface area contributed by atoms with Crippen LogP contribution in [0.2, 0.25) is 0 Å². The smallest absolute Gasteiger partial charge is 0.160 e. The van der Waals surface area contributed by atoms with Gasteiger partial charge in [0.2, 0.25) is 0 Å². The van der Waals surface area contributed by atoms with Crippen molar-refractivity contribution in [3.05, 3.63) is 24.3 Å². The van der Waals surface area contributed by atoms with Crippen LogP contribution in [-0.2, 0) is 0 Å². The summed E-state index contributed by atoms with van der Waals surface area (Å²) in [7, 11) is 0. The average molecular weight is 209 g/mol. The highest BCUT2D eigenvalue weighted by Gasteiger charge is 2.07. The lowest BCUT2D eigenvalue weighted by molar-refractivity contribution is 0.260. The summed E-state index contributed by atoms with van der Waals surface area (Å²) in [5, 5.41) is 9.44. The van der Waals surface area contributed by atoms with Crippen molar-refractivity contribution in [3.63, 3.8) is 0 Å². The van der Waals surface area contributed by atoms with Gasteiger partial charge in [-0.2, -0.15) is 0 Å². The number of benzene rings is 1. The molecule has 1 rings (SSSR count). The molecule has 0 fully saturated rings. The summed E-state index contributed by atoms with van der Waals surface area (Å²) < 4.78 is 5.42. The third-order valence-electron chi connectivity index (χ3n) is 2.09. The Morgan fingerprint density at radius 1 is 1.33 bits per heavy atom. The fraction of sp³-hybridized carbons (Fsp3) is 0.500. The zero-order valence-corrected chi connectivity index (χ0v) is 9.31. The zero-order chi connectivity index (χ0) is 11.3. The second-order valence-electron chi connectivity index (χ2n) is 4.17.